The summed E-state index contributed by atoms with van der Waals surface area (Å²) in [5.41, 5.74) is 2.06. The van der Waals surface area contributed by atoms with Crippen LogP contribution in [0.2, 0.25) is 5.02 Å². The van der Waals surface area contributed by atoms with Crippen molar-refractivity contribution in [3.8, 4) is 5.75 Å². The topological polar surface area (TPSA) is 58.6 Å². The summed E-state index contributed by atoms with van der Waals surface area (Å²) in [7, 11) is 0. The van der Waals surface area contributed by atoms with Crippen LogP contribution in [0.4, 0.5) is 0 Å². The second-order valence-corrected chi connectivity index (χ2v) is 9.89. The number of carbonyl (C=O) groups excluding carboxylic acids is 2. The number of carbonyl (C=O) groups is 2. The highest BCUT2D eigenvalue weighted by atomic mass is 79.9. The van der Waals surface area contributed by atoms with Crippen LogP contribution in [0.1, 0.15) is 51.7 Å². The first-order valence-electron chi connectivity index (χ1n) is 10.8. The van der Waals surface area contributed by atoms with Gasteiger partial charge in [0.15, 0.2) is 6.61 Å². The van der Waals surface area contributed by atoms with Crippen LogP contribution in [-0.2, 0) is 16.1 Å². The Labute approximate surface area is 204 Å². The molecule has 0 saturated carbocycles. The molecule has 0 heterocycles. The van der Waals surface area contributed by atoms with Crippen molar-refractivity contribution in [2.45, 2.75) is 53.1 Å². The maximum atomic E-state index is 13.1. The number of hydrogen-bond acceptors (Lipinski definition) is 3. The Kier molecular flexibility index (Phi) is 10.0. The van der Waals surface area contributed by atoms with Crippen LogP contribution < -0.4 is 10.1 Å². The molecule has 0 fully saturated rings. The van der Waals surface area contributed by atoms with Crippen LogP contribution in [0, 0.1) is 5.92 Å². The summed E-state index contributed by atoms with van der Waals surface area (Å²) >= 11 is 9.51. The molecule has 5 nitrogen and oxygen atoms in total. The fraction of sp³-hybridized carbons (Fsp3) is 0.440. The highest BCUT2D eigenvalue weighted by Crippen LogP contribution is 2.29. The minimum atomic E-state index is -0.646. The molecule has 0 aromatic heterocycles. The second kappa shape index (κ2) is 12.3. The Bertz CT molecular complexity index is 916. The van der Waals surface area contributed by atoms with Gasteiger partial charge >= 0.3 is 0 Å². The van der Waals surface area contributed by atoms with Crippen molar-refractivity contribution in [1.82, 2.24) is 10.2 Å². The fourth-order valence-corrected chi connectivity index (χ4v) is 3.67. The zero-order chi connectivity index (χ0) is 23.8. The molecule has 32 heavy (non-hydrogen) atoms. The highest BCUT2D eigenvalue weighted by Gasteiger charge is 2.26. The van der Waals surface area contributed by atoms with Gasteiger partial charge in [0, 0.05) is 18.1 Å². The smallest absolute Gasteiger partial charge is 0.261 e. The molecular formula is C25H32BrClN2O3. The van der Waals surface area contributed by atoms with E-state index in [0.717, 1.165) is 10.0 Å². The maximum Gasteiger partial charge on any atom is 0.261 e. The Morgan fingerprint density at radius 2 is 1.72 bits per heavy atom. The van der Waals surface area contributed by atoms with Gasteiger partial charge in [-0.2, -0.15) is 0 Å². The van der Waals surface area contributed by atoms with Crippen LogP contribution in [0.25, 0.3) is 0 Å². The molecule has 7 heteroatoms. The largest absolute Gasteiger partial charge is 0.483 e. The normalized spacial score (nSPS) is 12.0. The van der Waals surface area contributed by atoms with E-state index in [-0.39, 0.29) is 25.0 Å². The molecule has 2 amide bonds. The van der Waals surface area contributed by atoms with Gasteiger partial charge in [-0.25, -0.2) is 0 Å². The average molecular weight is 524 g/mol. The van der Waals surface area contributed by atoms with E-state index in [1.165, 1.54) is 10.5 Å². The number of hydrogen-bond donors (Lipinski definition) is 1. The molecule has 0 spiro atoms. The van der Waals surface area contributed by atoms with E-state index in [2.05, 4.69) is 35.1 Å². The molecule has 0 aliphatic carbocycles. The summed E-state index contributed by atoms with van der Waals surface area (Å²) in [6.07, 6.45) is 0. The van der Waals surface area contributed by atoms with Crippen molar-refractivity contribution < 1.29 is 14.3 Å². The van der Waals surface area contributed by atoms with Gasteiger partial charge in [0.2, 0.25) is 5.91 Å². The highest BCUT2D eigenvalue weighted by molar-refractivity contribution is 9.10. The van der Waals surface area contributed by atoms with E-state index in [1.54, 1.807) is 19.1 Å². The third-order valence-corrected chi connectivity index (χ3v) is 5.96. The van der Waals surface area contributed by atoms with E-state index in [0.29, 0.717) is 29.2 Å². The molecule has 0 aliphatic heterocycles. The summed E-state index contributed by atoms with van der Waals surface area (Å²) < 4.78 is 6.60. The number of nitrogens with zero attached hydrogens (tertiary/aromatic N) is 1. The van der Waals surface area contributed by atoms with Crippen molar-refractivity contribution in [1.29, 1.82) is 0 Å². The molecule has 2 aromatic rings. The van der Waals surface area contributed by atoms with Gasteiger partial charge in [0.25, 0.3) is 5.91 Å². The predicted molar refractivity (Wildman–Crippen MR) is 133 cm³/mol. The number of benzene rings is 2. The molecule has 2 rings (SSSR count). The zero-order valence-corrected chi connectivity index (χ0v) is 21.7. The first-order chi connectivity index (χ1) is 15.1. The Hall–Kier alpha value is -2.05. The van der Waals surface area contributed by atoms with E-state index in [1.807, 2.05) is 44.2 Å². The SMILES string of the molecule is CC(C)CNC(=O)[C@@H](C)N(Cc1ccc(Cl)cc1)C(=O)COc1ccc(C(C)C)cc1Br. The lowest BCUT2D eigenvalue weighted by Crippen LogP contribution is -2.49. The van der Waals surface area contributed by atoms with Crippen molar-refractivity contribution in [2.75, 3.05) is 13.2 Å². The lowest BCUT2D eigenvalue weighted by atomic mass is 10.0. The molecule has 0 aliphatic rings. The third-order valence-electron chi connectivity index (χ3n) is 5.09. The molecule has 0 bridgehead atoms. The monoisotopic (exact) mass is 522 g/mol. The standard InChI is InChI=1S/C25H32BrClN2O3/c1-16(2)13-28-25(31)18(5)29(14-19-6-9-21(27)10-7-19)24(30)15-32-23-11-8-20(17(3)4)12-22(23)26/h6-12,16-18H,13-15H2,1-5H3,(H,28,31)/t18-/m1/s1. The van der Waals surface area contributed by atoms with Crippen LogP contribution in [0.5, 0.6) is 5.75 Å². The summed E-state index contributed by atoms with van der Waals surface area (Å²) in [6.45, 7) is 10.7. The third kappa shape index (κ3) is 7.82. The van der Waals surface area contributed by atoms with Crippen LogP contribution >= 0.6 is 27.5 Å². The van der Waals surface area contributed by atoms with Crippen molar-refractivity contribution in [2.24, 2.45) is 5.92 Å². The lowest BCUT2D eigenvalue weighted by Gasteiger charge is -2.29. The van der Waals surface area contributed by atoms with Gasteiger partial charge in [0.05, 0.1) is 4.47 Å². The van der Waals surface area contributed by atoms with Crippen molar-refractivity contribution in [3.05, 3.63) is 63.1 Å². The van der Waals surface area contributed by atoms with Crippen molar-refractivity contribution in [3.63, 3.8) is 0 Å². The number of ether oxygens (including phenoxy) is 1. The predicted octanol–water partition coefficient (Wildman–Crippen LogP) is 5.79. The maximum absolute atomic E-state index is 13.1. The number of amides is 2. The zero-order valence-electron chi connectivity index (χ0n) is 19.3. The van der Waals surface area contributed by atoms with Gasteiger partial charge in [-0.15, -0.1) is 0 Å². The molecule has 174 valence electrons. The molecular weight excluding hydrogens is 492 g/mol. The quantitative estimate of drug-likeness (QED) is 0.428. The van der Waals surface area contributed by atoms with E-state index < -0.39 is 6.04 Å². The number of rotatable bonds is 10. The molecule has 1 atom stereocenters. The van der Waals surface area contributed by atoms with Crippen molar-refractivity contribution >= 4 is 39.3 Å². The first kappa shape index (κ1) is 26.2. The fourth-order valence-electron chi connectivity index (χ4n) is 3.04. The van der Waals surface area contributed by atoms with Crippen LogP contribution in [0.3, 0.4) is 0 Å². The van der Waals surface area contributed by atoms with E-state index in [9.17, 15) is 9.59 Å². The van der Waals surface area contributed by atoms with Crippen LogP contribution in [-0.4, -0.2) is 35.9 Å². The number of halogens is 2. The minimum absolute atomic E-state index is 0.172. The lowest BCUT2D eigenvalue weighted by molar-refractivity contribution is -0.142. The minimum Gasteiger partial charge on any atom is -0.483 e. The second-order valence-electron chi connectivity index (χ2n) is 8.60. The van der Waals surface area contributed by atoms with E-state index >= 15 is 0 Å². The summed E-state index contributed by atoms with van der Waals surface area (Å²) in [6, 6.07) is 12.4. The molecule has 0 saturated heterocycles. The van der Waals surface area contributed by atoms with Gasteiger partial charge < -0.3 is 15.0 Å². The van der Waals surface area contributed by atoms with Gasteiger partial charge in [-0.3, -0.25) is 9.59 Å². The molecule has 2 aromatic carbocycles. The number of nitrogens with one attached hydrogen (secondary N) is 1. The van der Waals surface area contributed by atoms with Gasteiger partial charge in [-0.05, 0) is 70.1 Å². The average Bonchev–Trinajstić information content (AvgIpc) is 2.75. The Morgan fingerprint density at radius 1 is 1.06 bits per heavy atom. The summed E-state index contributed by atoms with van der Waals surface area (Å²) in [5, 5.41) is 3.53. The Balaban J connectivity index is 2.15. The Morgan fingerprint density at radius 3 is 2.28 bits per heavy atom. The first-order valence-corrected chi connectivity index (χ1v) is 12.0. The van der Waals surface area contributed by atoms with Crippen LogP contribution in [0.15, 0.2) is 46.9 Å². The molecule has 0 unspecified atom stereocenters. The van der Waals surface area contributed by atoms with E-state index in [4.69, 9.17) is 16.3 Å². The molecule has 1 N–H and O–H groups in total. The van der Waals surface area contributed by atoms with Gasteiger partial charge in [-0.1, -0.05) is 57.5 Å². The summed E-state index contributed by atoms with van der Waals surface area (Å²) in [5.74, 6) is 0.838. The summed E-state index contributed by atoms with van der Waals surface area (Å²) in [4.78, 5) is 27.4. The van der Waals surface area contributed by atoms with Gasteiger partial charge in [0.1, 0.15) is 11.8 Å². The molecule has 0 radical (unpaired) electrons.